The fourth-order valence-electron chi connectivity index (χ4n) is 2.51. The molecule has 4 nitrogen and oxygen atoms in total. The standard InChI is InChI=1S/C15H22N2O2S/c1-2-20-13-10-12(6-9-16-13)14(18)17-11-15(19)7-4-3-5-8-15/h6,9-10,19H,2-5,7-8,11H2,1H3,(H,17,18). The summed E-state index contributed by atoms with van der Waals surface area (Å²) in [5.74, 6) is 0.794. The quantitative estimate of drug-likeness (QED) is 0.820. The summed E-state index contributed by atoms with van der Waals surface area (Å²) in [4.78, 5) is 16.3. The van der Waals surface area contributed by atoms with E-state index >= 15 is 0 Å². The molecular weight excluding hydrogens is 272 g/mol. The predicted octanol–water partition coefficient (Wildman–Crippen LogP) is 2.62. The highest BCUT2D eigenvalue weighted by Gasteiger charge is 2.29. The fraction of sp³-hybridized carbons (Fsp3) is 0.600. The third-order valence-corrected chi connectivity index (χ3v) is 4.46. The largest absolute Gasteiger partial charge is 0.388 e. The smallest absolute Gasteiger partial charge is 0.251 e. The van der Waals surface area contributed by atoms with Crippen molar-refractivity contribution in [3.05, 3.63) is 23.9 Å². The van der Waals surface area contributed by atoms with E-state index in [0.29, 0.717) is 12.1 Å². The van der Waals surface area contributed by atoms with Crippen LogP contribution in [0.2, 0.25) is 0 Å². The summed E-state index contributed by atoms with van der Waals surface area (Å²) in [7, 11) is 0. The molecule has 2 rings (SSSR count). The molecule has 110 valence electrons. The van der Waals surface area contributed by atoms with Crippen molar-refractivity contribution in [2.24, 2.45) is 0 Å². The van der Waals surface area contributed by atoms with E-state index in [-0.39, 0.29) is 5.91 Å². The van der Waals surface area contributed by atoms with Crippen LogP contribution in [-0.4, -0.2) is 33.9 Å². The average molecular weight is 294 g/mol. The fourth-order valence-corrected chi connectivity index (χ4v) is 3.15. The number of amides is 1. The van der Waals surface area contributed by atoms with Gasteiger partial charge in [-0.15, -0.1) is 11.8 Å². The van der Waals surface area contributed by atoms with Crippen LogP contribution in [0.4, 0.5) is 0 Å². The van der Waals surface area contributed by atoms with Crippen LogP contribution in [0.15, 0.2) is 23.4 Å². The van der Waals surface area contributed by atoms with Crippen molar-refractivity contribution in [2.75, 3.05) is 12.3 Å². The Kier molecular flexibility index (Phi) is 5.43. The molecule has 1 aliphatic carbocycles. The van der Waals surface area contributed by atoms with E-state index in [2.05, 4.69) is 17.2 Å². The first-order valence-corrected chi connectivity index (χ1v) is 8.21. The highest BCUT2D eigenvalue weighted by atomic mass is 32.2. The van der Waals surface area contributed by atoms with Gasteiger partial charge < -0.3 is 10.4 Å². The van der Waals surface area contributed by atoms with Crippen molar-refractivity contribution < 1.29 is 9.90 Å². The van der Waals surface area contributed by atoms with Crippen LogP contribution < -0.4 is 5.32 Å². The molecule has 1 aromatic rings. The summed E-state index contributed by atoms with van der Waals surface area (Å²) < 4.78 is 0. The third-order valence-electron chi connectivity index (χ3n) is 3.65. The van der Waals surface area contributed by atoms with Gasteiger partial charge in [0.15, 0.2) is 0 Å². The first kappa shape index (κ1) is 15.3. The molecule has 5 heteroatoms. The average Bonchev–Trinajstić information content (AvgIpc) is 2.46. The molecule has 0 bridgehead atoms. The van der Waals surface area contributed by atoms with Crippen LogP contribution in [-0.2, 0) is 0 Å². The van der Waals surface area contributed by atoms with Gasteiger partial charge in [-0.05, 0) is 30.7 Å². The highest BCUT2D eigenvalue weighted by Crippen LogP contribution is 2.27. The van der Waals surface area contributed by atoms with Crippen LogP contribution >= 0.6 is 11.8 Å². The SMILES string of the molecule is CCSc1cc(C(=O)NCC2(O)CCCCC2)ccn1. The Hall–Kier alpha value is -1.07. The number of nitrogens with one attached hydrogen (secondary N) is 1. The van der Waals surface area contributed by atoms with Gasteiger partial charge in [0.1, 0.15) is 0 Å². The number of carbonyl (C=O) groups is 1. The van der Waals surface area contributed by atoms with Gasteiger partial charge in [0, 0.05) is 18.3 Å². The van der Waals surface area contributed by atoms with Gasteiger partial charge in [0.2, 0.25) is 0 Å². The number of aliphatic hydroxyl groups is 1. The van der Waals surface area contributed by atoms with Crippen molar-refractivity contribution in [1.82, 2.24) is 10.3 Å². The summed E-state index contributed by atoms with van der Waals surface area (Å²) in [6.07, 6.45) is 6.47. The van der Waals surface area contributed by atoms with E-state index in [1.54, 1.807) is 30.1 Å². The third kappa shape index (κ3) is 4.21. The molecule has 0 unspecified atom stereocenters. The molecule has 0 aromatic carbocycles. The van der Waals surface area contributed by atoms with Gasteiger partial charge in [-0.3, -0.25) is 4.79 Å². The molecule has 20 heavy (non-hydrogen) atoms. The van der Waals surface area contributed by atoms with Crippen molar-refractivity contribution in [2.45, 2.75) is 49.7 Å². The summed E-state index contributed by atoms with van der Waals surface area (Å²) in [5, 5.41) is 14.1. The first-order valence-electron chi connectivity index (χ1n) is 7.22. The monoisotopic (exact) mass is 294 g/mol. The number of carbonyl (C=O) groups excluding carboxylic acids is 1. The van der Waals surface area contributed by atoms with Crippen molar-refractivity contribution in [3.63, 3.8) is 0 Å². The van der Waals surface area contributed by atoms with Gasteiger partial charge in [-0.2, -0.15) is 0 Å². The lowest BCUT2D eigenvalue weighted by molar-refractivity contribution is 0.00525. The van der Waals surface area contributed by atoms with Crippen LogP contribution in [0.5, 0.6) is 0 Å². The Bertz CT molecular complexity index is 459. The maximum absolute atomic E-state index is 12.1. The second kappa shape index (κ2) is 7.09. The van der Waals surface area contributed by atoms with Gasteiger partial charge in [0.05, 0.1) is 10.6 Å². The van der Waals surface area contributed by atoms with E-state index in [1.165, 1.54) is 6.42 Å². The van der Waals surface area contributed by atoms with E-state index in [1.807, 2.05) is 0 Å². The molecule has 0 saturated heterocycles. The zero-order valence-electron chi connectivity index (χ0n) is 11.9. The van der Waals surface area contributed by atoms with Gasteiger partial charge >= 0.3 is 0 Å². The minimum Gasteiger partial charge on any atom is -0.388 e. The van der Waals surface area contributed by atoms with Crippen LogP contribution in [0.1, 0.15) is 49.4 Å². The lowest BCUT2D eigenvalue weighted by Crippen LogP contribution is -2.44. The maximum Gasteiger partial charge on any atom is 0.251 e. The molecule has 1 fully saturated rings. The zero-order valence-corrected chi connectivity index (χ0v) is 12.7. The van der Waals surface area contributed by atoms with Gasteiger partial charge in [-0.1, -0.05) is 26.2 Å². The second-order valence-electron chi connectivity index (χ2n) is 5.28. The Balaban J connectivity index is 1.92. The van der Waals surface area contributed by atoms with E-state index < -0.39 is 5.60 Å². The second-order valence-corrected chi connectivity index (χ2v) is 6.57. The van der Waals surface area contributed by atoms with Crippen LogP contribution in [0.25, 0.3) is 0 Å². The Morgan fingerprint density at radius 2 is 2.20 bits per heavy atom. The van der Waals surface area contributed by atoms with Crippen LogP contribution in [0, 0.1) is 0 Å². The van der Waals surface area contributed by atoms with Gasteiger partial charge in [0.25, 0.3) is 5.91 Å². The molecule has 1 aliphatic rings. The van der Waals surface area contributed by atoms with Crippen molar-refractivity contribution in [3.8, 4) is 0 Å². The maximum atomic E-state index is 12.1. The minimum atomic E-state index is -0.720. The molecule has 1 aromatic heterocycles. The number of rotatable bonds is 5. The Morgan fingerprint density at radius 3 is 2.90 bits per heavy atom. The molecule has 1 heterocycles. The Labute approximate surface area is 124 Å². The summed E-state index contributed by atoms with van der Waals surface area (Å²) in [5.41, 5.74) is -0.113. The molecule has 0 spiro atoms. The normalized spacial score (nSPS) is 17.7. The summed E-state index contributed by atoms with van der Waals surface area (Å²) >= 11 is 1.61. The number of hydrogen-bond acceptors (Lipinski definition) is 4. The Morgan fingerprint density at radius 1 is 1.45 bits per heavy atom. The van der Waals surface area contributed by atoms with Crippen molar-refractivity contribution in [1.29, 1.82) is 0 Å². The summed E-state index contributed by atoms with van der Waals surface area (Å²) in [6.45, 7) is 2.39. The number of pyridine rings is 1. The van der Waals surface area contributed by atoms with Gasteiger partial charge in [-0.25, -0.2) is 4.98 Å². The van der Waals surface area contributed by atoms with Crippen molar-refractivity contribution >= 4 is 17.7 Å². The molecule has 1 amide bonds. The molecule has 1 saturated carbocycles. The topological polar surface area (TPSA) is 62.2 Å². The number of aromatic nitrogens is 1. The molecule has 0 aliphatic heterocycles. The molecular formula is C15H22N2O2S. The lowest BCUT2D eigenvalue weighted by Gasteiger charge is -2.32. The molecule has 0 atom stereocenters. The number of nitrogens with zero attached hydrogens (tertiary/aromatic N) is 1. The van der Waals surface area contributed by atoms with E-state index in [4.69, 9.17) is 0 Å². The minimum absolute atomic E-state index is 0.135. The molecule has 2 N–H and O–H groups in total. The summed E-state index contributed by atoms with van der Waals surface area (Å²) in [6, 6.07) is 3.51. The number of hydrogen-bond donors (Lipinski definition) is 2. The lowest BCUT2D eigenvalue weighted by atomic mass is 9.85. The zero-order chi connectivity index (χ0) is 14.4. The van der Waals surface area contributed by atoms with E-state index in [0.717, 1.165) is 36.5 Å². The molecule has 0 radical (unpaired) electrons. The van der Waals surface area contributed by atoms with E-state index in [9.17, 15) is 9.90 Å². The predicted molar refractivity (Wildman–Crippen MR) is 81.0 cm³/mol. The first-order chi connectivity index (χ1) is 9.63. The van der Waals surface area contributed by atoms with Crippen LogP contribution in [0.3, 0.4) is 0 Å². The number of thioether (sulfide) groups is 1. The highest BCUT2D eigenvalue weighted by molar-refractivity contribution is 7.99.